The Kier molecular flexibility index (Phi) is 6.26. The molecule has 0 atom stereocenters. The number of halogens is 1. The number of hydrogen-bond acceptors (Lipinski definition) is 4. The summed E-state index contributed by atoms with van der Waals surface area (Å²) in [7, 11) is 0. The van der Waals surface area contributed by atoms with Gasteiger partial charge in [0.2, 0.25) is 5.91 Å². The van der Waals surface area contributed by atoms with Gasteiger partial charge in [-0.3, -0.25) is 14.5 Å². The number of aromatic nitrogens is 2. The zero-order valence-corrected chi connectivity index (χ0v) is 17.3. The first kappa shape index (κ1) is 20.3. The number of amides is 1. The Labute approximate surface area is 180 Å². The van der Waals surface area contributed by atoms with Crippen LogP contribution in [0.25, 0.3) is 11.3 Å². The van der Waals surface area contributed by atoms with E-state index < -0.39 is 0 Å². The van der Waals surface area contributed by atoms with E-state index in [0.717, 1.165) is 25.2 Å². The lowest BCUT2D eigenvalue weighted by molar-refractivity contribution is -0.133. The van der Waals surface area contributed by atoms with Crippen molar-refractivity contribution in [1.29, 1.82) is 0 Å². The molecule has 7 heteroatoms. The Morgan fingerprint density at radius 1 is 0.900 bits per heavy atom. The van der Waals surface area contributed by atoms with Crippen molar-refractivity contribution >= 4 is 17.5 Å². The summed E-state index contributed by atoms with van der Waals surface area (Å²) in [5, 5.41) is 4.92. The highest BCUT2D eigenvalue weighted by molar-refractivity contribution is 6.33. The summed E-state index contributed by atoms with van der Waals surface area (Å²) >= 11 is 6.24. The molecule has 0 radical (unpaired) electrons. The lowest BCUT2D eigenvalue weighted by Crippen LogP contribution is -2.49. The van der Waals surface area contributed by atoms with Crippen LogP contribution in [0.15, 0.2) is 71.5 Å². The Bertz CT molecular complexity index is 1080. The van der Waals surface area contributed by atoms with Crippen LogP contribution in [0, 0.1) is 0 Å². The highest BCUT2D eigenvalue weighted by Gasteiger charge is 2.22. The van der Waals surface area contributed by atoms with E-state index in [1.54, 1.807) is 17.0 Å². The van der Waals surface area contributed by atoms with Crippen molar-refractivity contribution in [3.8, 4) is 11.3 Å². The minimum Gasteiger partial charge on any atom is -0.339 e. The summed E-state index contributed by atoms with van der Waals surface area (Å²) < 4.78 is 1.22. The molecule has 30 heavy (non-hydrogen) atoms. The van der Waals surface area contributed by atoms with Gasteiger partial charge in [0.15, 0.2) is 0 Å². The van der Waals surface area contributed by atoms with Crippen LogP contribution in [0.4, 0.5) is 0 Å². The number of nitrogens with zero attached hydrogens (tertiary/aromatic N) is 4. The molecular formula is C23H23ClN4O2. The van der Waals surface area contributed by atoms with Gasteiger partial charge < -0.3 is 4.90 Å². The van der Waals surface area contributed by atoms with E-state index in [9.17, 15) is 9.59 Å². The summed E-state index contributed by atoms with van der Waals surface area (Å²) in [6.45, 7) is 3.71. The largest absolute Gasteiger partial charge is 0.339 e. The van der Waals surface area contributed by atoms with Crippen LogP contribution in [-0.2, 0) is 17.9 Å². The van der Waals surface area contributed by atoms with Crippen LogP contribution in [-0.4, -0.2) is 51.7 Å². The normalized spacial score (nSPS) is 14.6. The van der Waals surface area contributed by atoms with Gasteiger partial charge in [-0.2, -0.15) is 5.10 Å². The molecule has 1 aliphatic heterocycles. The first-order valence-corrected chi connectivity index (χ1v) is 10.3. The fraction of sp³-hybridized carbons (Fsp3) is 0.261. The van der Waals surface area contributed by atoms with E-state index in [4.69, 9.17) is 11.6 Å². The van der Waals surface area contributed by atoms with Crippen molar-refractivity contribution in [2.24, 2.45) is 0 Å². The number of carbonyl (C=O) groups excluding carboxylic acids is 1. The first-order chi connectivity index (χ1) is 14.6. The third-order valence-electron chi connectivity index (χ3n) is 5.28. The van der Waals surface area contributed by atoms with Gasteiger partial charge in [0.25, 0.3) is 5.56 Å². The fourth-order valence-corrected chi connectivity index (χ4v) is 3.83. The predicted molar refractivity (Wildman–Crippen MR) is 117 cm³/mol. The van der Waals surface area contributed by atoms with Crippen molar-refractivity contribution < 1.29 is 4.79 Å². The molecule has 0 aliphatic carbocycles. The number of carbonyl (C=O) groups is 1. The molecule has 4 rings (SSSR count). The summed E-state index contributed by atoms with van der Waals surface area (Å²) in [4.78, 5) is 29.2. The molecule has 1 aliphatic rings. The van der Waals surface area contributed by atoms with Gasteiger partial charge in [-0.15, -0.1) is 0 Å². The lowest BCUT2D eigenvalue weighted by Gasteiger charge is -2.34. The molecule has 1 amide bonds. The Morgan fingerprint density at radius 2 is 1.60 bits per heavy atom. The molecule has 0 spiro atoms. The average Bonchev–Trinajstić information content (AvgIpc) is 2.77. The maximum atomic E-state index is 12.8. The van der Waals surface area contributed by atoms with Crippen molar-refractivity contribution in [3.05, 3.63) is 87.7 Å². The van der Waals surface area contributed by atoms with Crippen LogP contribution >= 0.6 is 11.6 Å². The topological polar surface area (TPSA) is 58.4 Å². The molecule has 3 aromatic rings. The van der Waals surface area contributed by atoms with Crippen molar-refractivity contribution in [1.82, 2.24) is 19.6 Å². The minimum absolute atomic E-state index is 0.0736. The van der Waals surface area contributed by atoms with Crippen LogP contribution in [0.1, 0.15) is 5.56 Å². The number of piperazine rings is 1. The highest BCUT2D eigenvalue weighted by Crippen LogP contribution is 2.24. The highest BCUT2D eigenvalue weighted by atomic mass is 35.5. The van der Waals surface area contributed by atoms with E-state index in [1.807, 2.05) is 36.4 Å². The van der Waals surface area contributed by atoms with E-state index >= 15 is 0 Å². The zero-order chi connectivity index (χ0) is 20.9. The van der Waals surface area contributed by atoms with Crippen molar-refractivity contribution in [2.45, 2.75) is 13.1 Å². The number of hydrogen-bond donors (Lipinski definition) is 0. The van der Waals surface area contributed by atoms with Crippen LogP contribution in [0.3, 0.4) is 0 Å². The second-order valence-electron chi connectivity index (χ2n) is 7.34. The Morgan fingerprint density at radius 3 is 2.33 bits per heavy atom. The van der Waals surface area contributed by atoms with Crippen LogP contribution in [0.5, 0.6) is 0 Å². The molecule has 1 fully saturated rings. The minimum atomic E-state index is -0.304. The molecule has 0 N–H and O–H groups in total. The maximum absolute atomic E-state index is 12.8. The molecular weight excluding hydrogens is 400 g/mol. The molecule has 6 nitrogen and oxygen atoms in total. The van der Waals surface area contributed by atoms with Crippen LogP contribution < -0.4 is 5.56 Å². The van der Waals surface area contributed by atoms with Gasteiger partial charge >= 0.3 is 0 Å². The van der Waals surface area contributed by atoms with E-state index in [1.165, 1.54) is 16.3 Å². The summed E-state index contributed by atoms with van der Waals surface area (Å²) in [5.41, 5.74) is 2.27. The van der Waals surface area contributed by atoms with E-state index in [0.29, 0.717) is 23.8 Å². The average molecular weight is 423 g/mol. The molecule has 0 bridgehead atoms. The third-order valence-corrected chi connectivity index (χ3v) is 5.61. The number of benzene rings is 2. The van der Waals surface area contributed by atoms with Gasteiger partial charge in [0.05, 0.1) is 10.7 Å². The monoisotopic (exact) mass is 422 g/mol. The molecule has 0 saturated carbocycles. The second kappa shape index (κ2) is 9.24. The van der Waals surface area contributed by atoms with Gasteiger partial charge in [0, 0.05) is 44.4 Å². The number of rotatable bonds is 5. The quantitative estimate of drug-likeness (QED) is 0.634. The van der Waals surface area contributed by atoms with Crippen LogP contribution in [0.2, 0.25) is 5.02 Å². The van der Waals surface area contributed by atoms with Gasteiger partial charge in [-0.1, -0.05) is 60.1 Å². The fourth-order valence-electron chi connectivity index (χ4n) is 3.60. The smallest absolute Gasteiger partial charge is 0.267 e. The maximum Gasteiger partial charge on any atom is 0.267 e. The molecule has 1 saturated heterocycles. The third kappa shape index (κ3) is 4.78. The summed E-state index contributed by atoms with van der Waals surface area (Å²) in [5.74, 6) is -0.0970. The van der Waals surface area contributed by atoms with Crippen molar-refractivity contribution in [3.63, 3.8) is 0 Å². The lowest BCUT2D eigenvalue weighted by atomic mass is 10.1. The molecule has 2 aromatic carbocycles. The molecule has 154 valence electrons. The van der Waals surface area contributed by atoms with Gasteiger partial charge in [0.1, 0.15) is 6.54 Å². The second-order valence-corrected chi connectivity index (χ2v) is 7.74. The summed E-state index contributed by atoms with van der Waals surface area (Å²) in [6, 6.07) is 20.7. The SMILES string of the molecule is O=C(Cn1nc(-c2ccccc2Cl)ccc1=O)N1CCN(Cc2ccccc2)CC1. The zero-order valence-electron chi connectivity index (χ0n) is 16.6. The summed E-state index contributed by atoms with van der Waals surface area (Å²) in [6.07, 6.45) is 0. The standard InChI is InChI=1S/C23H23ClN4O2/c24-20-9-5-4-8-19(20)21-10-11-22(29)28(25-21)17-23(30)27-14-12-26(13-15-27)16-18-6-2-1-3-7-18/h1-11H,12-17H2. The molecule has 2 heterocycles. The van der Waals surface area contributed by atoms with Gasteiger partial charge in [-0.05, 0) is 17.7 Å². The molecule has 1 aromatic heterocycles. The Balaban J connectivity index is 1.39. The van der Waals surface area contributed by atoms with Gasteiger partial charge in [-0.25, -0.2) is 4.68 Å². The molecule has 0 unspecified atom stereocenters. The Hall–Kier alpha value is -2.96. The predicted octanol–water partition coefficient (Wildman–Crippen LogP) is 2.91. The van der Waals surface area contributed by atoms with Crippen molar-refractivity contribution in [2.75, 3.05) is 26.2 Å². The first-order valence-electron chi connectivity index (χ1n) is 9.97. The van der Waals surface area contributed by atoms with E-state index in [-0.39, 0.29) is 18.0 Å². The van der Waals surface area contributed by atoms with E-state index in [2.05, 4.69) is 22.1 Å².